The Bertz CT molecular complexity index is 581. The number of primary amides is 1. The first-order valence-electron chi connectivity index (χ1n) is 12.2. The monoisotopic (exact) mass is 441 g/mol. The van der Waals surface area contributed by atoms with Gasteiger partial charge in [-0.1, -0.05) is 103 Å². The summed E-state index contributed by atoms with van der Waals surface area (Å²) in [6.07, 6.45) is 21.2. The molecule has 0 saturated heterocycles. The Morgan fingerprint density at radius 1 is 0.677 bits per heavy atom. The molecule has 1 rings (SSSR count). The molecule has 4 nitrogen and oxygen atoms in total. The van der Waals surface area contributed by atoms with E-state index in [1.54, 1.807) is 24.3 Å². The van der Waals surface area contributed by atoms with Crippen LogP contribution in [-0.4, -0.2) is 18.5 Å². The zero-order valence-corrected chi connectivity index (χ0v) is 22.1. The van der Waals surface area contributed by atoms with Crippen molar-refractivity contribution in [2.45, 2.75) is 110 Å². The van der Waals surface area contributed by atoms with E-state index < -0.39 is 5.91 Å². The van der Waals surface area contributed by atoms with Gasteiger partial charge in [0, 0.05) is 5.56 Å². The second-order valence-electron chi connectivity index (χ2n) is 8.38. The minimum absolute atomic E-state index is 0. The Morgan fingerprint density at radius 2 is 1.03 bits per heavy atom. The molecule has 0 atom stereocenters. The summed E-state index contributed by atoms with van der Waals surface area (Å²) in [6, 6.07) is 6.26. The van der Waals surface area contributed by atoms with Crippen molar-refractivity contribution in [3.05, 3.63) is 35.4 Å². The van der Waals surface area contributed by atoms with Gasteiger partial charge in [-0.05, 0) is 30.7 Å². The normalized spacial score (nSPS) is 10.5. The predicted octanol–water partition coefficient (Wildman–Crippen LogP) is 4.32. The first-order valence-corrected chi connectivity index (χ1v) is 12.2. The Balaban J connectivity index is 0. The summed E-state index contributed by atoms with van der Waals surface area (Å²) in [4.78, 5) is 23.0. The Labute approximate surface area is 213 Å². The van der Waals surface area contributed by atoms with E-state index in [1.165, 1.54) is 89.9 Å². The van der Waals surface area contributed by atoms with E-state index >= 15 is 0 Å². The van der Waals surface area contributed by atoms with Gasteiger partial charge in [-0.2, -0.15) is 0 Å². The largest absolute Gasteiger partial charge is 1.00 e. The van der Waals surface area contributed by atoms with E-state index in [1.807, 2.05) is 0 Å². The third-order valence-electron chi connectivity index (χ3n) is 5.64. The number of benzene rings is 1. The molecular formula is C26H44NNaO3. The van der Waals surface area contributed by atoms with Crippen LogP contribution < -0.4 is 35.3 Å². The van der Waals surface area contributed by atoms with Crippen molar-refractivity contribution in [1.82, 2.24) is 0 Å². The van der Waals surface area contributed by atoms with Crippen LogP contribution in [0.2, 0.25) is 0 Å². The summed E-state index contributed by atoms with van der Waals surface area (Å²) in [5.74, 6) is -0.838. The van der Waals surface area contributed by atoms with Crippen LogP contribution in [0.5, 0.6) is 0 Å². The number of carbonyl (C=O) groups is 2. The maximum Gasteiger partial charge on any atom is 1.00 e. The van der Waals surface area contributed by atoms with E-state index in [0.717, 1.165) is 12.8 Å². The van der Waals surface area contributed by atoms with Crippen LogP contribution in [-0.2, 0) is 4.74 Å². The van der Waals surface area contributed by atoms with Crippen molar-refractivity contribution in [3.8, 4) is 0 Å². The third-order valence-corrected chi connectivity index (χ3v) is 5.64. The van der Waals surface area contributed by atoms with Gasteiger partial charge in [0.1, 0.15) is 0 Å². The smallest absolute Gasteiger partial charge is 1.00 e. The number of ether oxygens (including phenoxy) is 1. The van der Waals surface area contributed by atoms with E-state index in [4.69, 9.17) is 10.5 Å². The summed E-state index contributed by atoms with van der Waals surface area (Å²) in [5, 5.41) is 0. The van der Waals surface area contributed by atoms with E-state index in [2.05, 4.69) is 6.92 Å². The van der Waals surface area contributed by atoms with Crippen molar-refractivity contribution in [3.63, 3.8) is 0 Å². The van der Waals surface area contributed by atoms with Gasteiger partial charge < -0.3 is 11.9 Å². The van der Waals surface area contributed by atoms with Crippen molar-refractivity contribution in [1.29, 1.82) is 0 Å². The molecule has 1 aromatic rings. The van der Waals surface area contributed by atoms with E-state index in [9.17, 15) is 9.59 Å². The van der Waals surface area contributed by atoms with Gasteiger partial charge in [-0.3, -0.25) is 4.79 Å². The molecule has 2 N–H and O–H groups in total. The fourth-order valence-electron chi connectivity index (χ4n) is 3.67. The Hall–Kier alpha value is -0.840. The molecule has 31 heavy (non-hydrogen) atoms. The third kappa shape index (κ3) is 16.5. The van der Waals surface area contributed by atoms with Crippen molar-refractivity contribution < 1.29 is 45.3 Å². The summed E-state index contributed by atoms with van der Waals surface area (Å²) < 4.78 is 5.29. The first-order chi connectivity index (χ1) is 14.6. The summed E-state index contributed by atoms with van der Waals surface area (Å²) in [5.41, 5.74) is 6.04. The number of unbranched alkanes of at least 4 members (excludes halogenated alkanes) is 15. The number of amides is 1. The van der Waals surface area contributed by atoms with Gasteiger partial charge in [-0.25, -0.2) is 4.79 Å². The average Bonchev–Trinajstić information content (AvgIpc) is 2.75. The van der Waals surface area contributed by atoms with Crippen LogP contribution >= 0.6 is 0 Å². The maximum atomic E-state index is 11.9. The van der Waals surface area contributed by atoms with Gasteiger partial charge in [0.15, 0.2) is 0 Å². The second kappa shape index (κ2) is 21.0. The van der Waals surface area contributed by atoms with Crippen LogP contribution in [0.25, 0.3) is 0 Å². The fraction of sp³-hybridized carbons (Fsp3) is 0.692. The Morgan fingerprint density at radius 3 is 1.42 bits per heavy atom. The molecule has 172 valence electrons. The van der Waals surface area contributed by atoms with Crippen molar-refractivity contribution >= 4 is 11.9 Å². The quantitative estimate of drug-likeness (QED) is 0.197. The molecule has 0 spiro atoms. The van der Waals surface area contributed by atoms with Crippen molar-refractivity contribution in [2.75, 3.05) is 6.61 Å². The van der Waals surface area contributed by atoms with E-state index in [-0.39, 0.29) is 37.0 Å². The number of hydrogen-bond donors (Lipinski definition) is 1. The summed E-state index contributed by atoms with van der Waals surface area (Å²) in [6.45, 7) is 2.73. The van der Waals surface area contributed by atoms with Crippen LogP contribution in [0.15, 0.2) is 24.3 Å². The number of nitrogens with two attached hydrogens (primary N) is 1. The molecule has 1 amide bonds. The molecule has 0 saturated carbocycles. The van der Waals surface area contributed by atoms with Crippen LogP contribution in [0, 0.1) is 0 Å². The number of carbonyl (C=O) groups excluding carboxylic acids is 2. The molecule has 0 bridgehead atoms. The zero-order valence-electron chi connectivity index (χ0n) is 21.1. The molecule has 0 aromatic heterocycles. The molecule has 0 aliphatic heterocycles. The van der Waals surface area contributed by atoms with Gasteiger partial charge in [0.2, 0.25) is 5.91 Å². The number of hydrogen-bond acceptors (Lipinski definition) is 3. The van der Waals surface area contributed by atoms with Crippen molar-refractivity contribution in [2.24, 2.45) is 5.73 Å². The van der Waals surface area contributed by atoms with Crippen LogP contribution in [0.1, 0.15) is 132 Å². The predicted molar refractivity (Wildman–Crippen MR) is 126 cm³/mol. The van der Waals surface area contributed by atoms with Gasteiger partial charge >= 0.3 is 35.5 Å². The molecule has 0 unspecified atom stereocenters. The van der Waals surface area contributed by atoms with Crippen LogP contribution in [0.4, 0.5) is 0 Å². The standard InChI is InChI=1S/C26H43NO3.Na.H/c1-2-3-4-5-6-7-8-9-10-11-12-13-14-15-16-17-22-30-26(29)24-20-18-23(19-21-24)25(27)28;;/h18-21H,2-17,22H2,1H3,(H2,27,28);;/q;+1;-1. The minimum Gasteiger partial charge on any atom is -1.00 e. The SMILES string of the molecule is CCCCCCCCCCCCCCCCCCOC(=O)c1ccc(C(N)=O)cc1.[H-].[Na+]. The van der Waals surface area contributed by atoms with E-state index in [0.29, 0.717) is 17.7 Å². The summed E-state index contributed by atoms with van der Waals surface area (Å²) in [7, 11) is 0. The molecular weight excluding hydrogens is 397 g/mol. The van der Waals surface area contributed by atoms with Gasteiger partial charge in [-0.15, -0.1) is 0 Å². The molecule has 5 heteroatoms. The average molecular weight is 442 g/mol. The second-order valence-corrected chi connectivity index (χ2v) is 8.38. The summed E-state index contributed by atoms with van der Waals surface area (Å²) >= 11 is 0. The minimum atomic E-state index is -0.497. The van der Waals surface area contributed by atoms with Gasteiger partial charge in [0.05, 0.1) is 12.2 Å². The topological polar surface area (TPSA) is 69.4 Å². The number of rotatable bonds is 19. The number of esters is 1. The molecule has 0 aliphatic carbocycles. The van der Waals surface area contributed by atoms with Gasteiger partial charge in [0.25, 0.3) is 0 Å². The molecule has 1 aromatic carbocycles. The molecule has 0 heterocycles. The Kier molecular flexibility index (Phi) is 20.5. The van der Waals surface area contributed by atoms with Crippen LogP contribution in [0.3, 0.4) is 0 Å². The zero-order chi connectivity index (χ0) is 21.9. The molecule has 0 radical (unpaired) electrons. The molecule has 0 fully saturated rings. The fourth-order valence-corrected chi connectivity index (χ4v) is 3.67. The maximum absolute atomic E-state index is 11.9. The molecule has 0 aliphatic rings. The first kappa shape index (κ1) is 30.2.